The smallest absolute Gasteiger partial charge is 0.255 e. The van der Waals surface area contributed by atoms with Crippen molar-refractivity contribution < 1.29 is 14.3 Å². The minimum atomic E-state index is -0.212. The van der Waals surface area contributed by atoms with Crippen LogP contribution in [0.4, 0.5) is 5.82 Å². The third-order valence-corrected chi connectivity index (χ3v) is 6.13. The fraction of sp³-hybridized carbons (Fsp3) is 0.455. The molecule has 0 bridgehead atoms. The van der Waals surface area contributed by atoms with Crippen LogP contribution in [0.15, 0.2) is 29.6 Å². The van der Waals surface area contributed by atoms with Gasteiger partial charge in [-0.1, -0.05) is 18.7 Å². The highest BCUT2D eigenvalue weighted by molar-refractivity contribution is 7.99. The summed E-state index contributed by atoms with van der Waals surface area (Å²) < 4.78 is 12.4. The number of nitrogens with zero attached hydrogens (tertiary/aromatic N) is 5. The highest BCUT2D eigenvalue weighted by Crippen LogP contribution is 2.29. The number of fused-ring (bicyclic) bond motifs is 1. The van der Waals surface area contributed by atoms with Crippen molar-refractivity contribution in [3.63, 3.8) is 0 Å². The Bertz CT molecular complexity index is 1100. The number of hydrogen-bond acceptors (Lipinski definition) is 8. The molecule has 3 aromatic rings. The van der Waals surface area contributed by atoms with Crippen LogP contribution in [0, 0.1) is 0 Å². The van der Waals surface area contributed by atoms with E-state index in [-0.39, 0.29) is 5.91 Å². The van der Waals surface area contributed by atoms with Crippen LogP contribution in [0.1, 0.15) is 30.1 Å². The molecule has 0 radical (unpaired) electrons. The number of nitrogens with one attached hydrogen (secondary N) is 1. The summed E-state index contributed by atoms with van der Waals surface area (Å²) in [7, 11) is 3.11. The Hall–Kier alpha value is -3.01. The van der Waals surface area contributed by atoms with E-state index in [1.54, 1.807) is 37.1 Å². The van der Waals surface area contributed by atoms with E-state index in [0.717, 1.165) is 40.9 Å². The number of rotatable bonds is 9. The number of ether oxygens (including phenoxy) is 2. The van der Waals surface area contributed by atoms with Gasteiger partial charge in [0.1, 0.15) is 17.3 Å². The van der Waals surface area contributed by atoms with Gasteiger partial charge in [0.15, 0.2) is 10.8 Å². The lowest BCUT2D eigenvalue weighted by Crippen LogP contribution is -2.28. The maximum Gasteiger partial charge on any atom is 0.255 e. The highest BCUT2D eigenvalue weighted by atomic mass is 32.2. The average Bonchev–Trinajstić information content (AvgIpc) is 3.49. The Balaban J connectivity index is 1.50. The topological polar surface area (TPSA) is 94.4 Å². The highest BCUT2D eigenvalue weighted by Gasteiger charge is 2.21. The number of hydrogen-bond donors (Lipinski definition) is 1. The molecular formula is C22H28N6O3S. The summed E-state index contributed by atoms with van der Waals surface area (Å²) in [5.74, 6) is 2.75. The van der Waals surface area contributed by atoms with Crippen LogP contribution in [0.5, 0.6) is 11.5 Å². The predicted molar refractivity (Wildman–Crippen MR) is 125 cm³/mol. The second-order valence-corrected chi connectivity index (χ2v) is 8.62. The van der Waals surface area contributed by atoms with E-state index in [2.05, 4.69) is 22.2 Å². The molecule has 32 heavy (non-hydrogen) atoms. The molecule has 1 saturated heterocycles. The van der Waals surface area contributed by atoms with E-state index in [0.29, 0.717) is 30.2 Å². The number of anilines is 1. The van der Waals surface area contributed by atoms with Gasteiger partial charge in [-0.2, -0.15) is 5.10 Å². The van der Waals surface area contributed by atoms with Gasteiger partial charge in [-0.05, 0) is 30.7 Å². The van der Waals surface area contributed by atoms with E-state index in [1.165, 1.54) is 20.0 Å². The molecule has 4 rings (SSSR count). The minimum Gasteiger partial charge on any atom is -0.497 e. The van der Waals surface area contributed by atoms with Crippen LogP contribution in [0.3, 0.4) is 0 Å². The SMILES string of the molecule is CCSc1nc(N2CCCC2)c2cnn(CCNC(=O)c3ccc(OC)cc3OC)c2n1. The molecule has 1 N–H and O–H groups in total. The van der Waals surface area contributed by atoms with E-state index in [4.69, 9.17) is 19.4 Å². The molecule has 1 amide bonds. The molecule has 1 fully saturated rings. The standard InChI is InChI=1S/C22H28N6O3S/c1-4-32-22-25-19(27-10-5-6-11-27)17-14-24-28(20(17)26-22)12-9-23-21(29)16-8-7-15(30-2)13-18(16)31-3/h7-8,13-14H,4-6,9-12H2,1-3H3,(H,23,29). The van der Waals surface area contributed by atoms with Crippen molar-refractivity contribution >= 4 is 34.5 Å². The Morgan fingerprint density at radius 2 is 2.00 bits per heavy atom. The summed E-state index contributed by atoms with van der Waals surface area (Å²) in [6.45, 7) is 5.01. The van der Waals surface area contributed by atoms with Crippen LogP contribution in [-0.2, 0) is 6.54 Å². The number of thioether (sulfide) groups is 1. The van der Waals surface area contributed by atoms with Gasteiger partial charge in [-0.25, -0.2) is 14.6 Å². The molecule has 1 aromatic carbocycles. The number of carbonyl (C=O) groups is 1. The maximum atomic E-state index is 12.7. The normalized spacial score (nSPS) is 13.5. The molecule has 0 spiro atoms. The molecule has 170 valence electrons. The maximum absolute atomic E-state index is 12.7. The fourth-order valence-corrected chi connectivity index (χ4v) is 4.37. The molecule has 2 aromatic heterocycles. The van der Waals surface area contributed by atoms with Gasteiger partial charge < -0.3 is 19.7 Å². The number of aromatic nitrogens is 4. The number of methoxy groups -OCH3 is 2. The lowest BCUT2D eigenvalue weighted by atomic mass is 10.1. The molecule has 0 unspecified atom stereocenters. The summed E-state index contributed by atoms with van der Waals surface area (Å²) in [6.07, 6.45) is 4.19. The quantitative estimate of drug-likeness (QED) is 0.388. The van der Waals surface area contributed by atoms with E-state index in [9.17, 15) is 4.79 Å². The van der Waals surface area contributed by atoms with Gasteiger partial charge in [0, 0.05) is 25.7 Å². The first kappa shape index (κ1) is 22.2. The van der Waals surface area contributed by atoms with Gasteiger partial charge in [0.25, 0.3) is 5.91 Å². The Kier molecular flexibility index (Phi) is 6.99. The Morgan fingerprint density at radius 1 is 1.19 bits per heavy atom. The molecule has 10 heteroatoms. The van der Waals surface area contributed by atoms with Crippen molar-refractivity contribution in [1.82, 2.24) is 25.1 Å². The van der Waals surface area contributed by atoms with Crippen molar-refractivity contribution in [3.05, 3.63) is 30.0 Å². The van der Waals surface area contributed by atoms with Crippen molar-refractivity contribution in [2.75, 3.05) is 44.5 Å². The van der Waals surface area contributed by atoms with Crippen LogP contribution < -0.4 is 19.7 Å². The first-order valence-corrected chi connectivity index (χ1v) is 11.7. The summed E-state index contributed by atoms with van der Waals surface area (Å²) in [4.78, 5) is 24.5. The van der Waals surface area contributed by atoms with Gasteiger partial charge in [-0.15, -0.1) is 0 Å². The minimum absolute atomic E-state index is 0.212. The van der Waals surface area contributed by atoms with E-state index < -0.39 is 0 Å². The van der Waals surface area contributed by atoms with Gasteiger partial charge in [-0.3, -0.25) is 4.79 Å². The average molecular weight is 457 g/mol. The molecule has 0 saturated carbocycles. The molecule has 0 aliphatic carbocycles. The van der Waals surface area contributed by atoms with Gasteiger partial charge in [0.05, 0.1) is 37.9 Å². The fourth-order valence-electron chi connectivity index (χ4n) is 3.80. The second-order valence-electron chi connectivity index (χ2n) is 7.38. The third kappa shape index (κ3) is 4.59. The zero-order valence-corrected chi connectivity index (χ0v) is 19.4. The third-order valence-electron chi connectivity index (χ3n) is 5.40. The first-order valence-electron chi connectivity index (χ1n) is 10.8. The molecule has 3 heterocycles. The number of amides is 1. The summed E-state index contributed by atoms with van der Waals surface area (Å²) in [5, 5.41) is 9.20. The Labute approximate surface area is 191 Å². The lowest BCUT2D eigenvalue weighted by molar-refractivity contribution is 0.0949. The van der Waals surface area contributed by atoms with Crippen molar-refractivity contribution in [1.29, 1.82) is 0 Å². The molecule has 0 atom stereocenters. The largest absolute Gasteiger partial charge is 0.497 e. The second kappa shape index (κ2) is 10.1. The van der Waals surface area contributed by atoms with E-state index >= 15 is 0 Å². The monoisotopic (exact) mass is 456 g/mol. The molecule has 9 nitrogen and oxygen atoms in total. The Morgan fingerprint density at radius 3 is 2.72 bits per heavy atom. The first-order chi connectivity index (χ1) is 15.6. The van der Waals surface area contributed by atoms with Crippen LogP contribution in [-0.4, -0.2) is 65.3 Å². The number of benzene rings is 1. The summed E-state index contributed by atoms with van der Waals surface area (Å²) in [5.41, 5.74) is 1.26. The van der Waals surface area contributed by atoms with Gasteiger partial charge in [0.2, 0.25) is 0 Å². The van der Waals surface area contributed by atoms with Crippen molar-refractivity contribution in [2.24, 2.45) is 0 Å². The van der Waals surface area contributed by atoms with Crippen molar-refractivity contribution in [2.45, 2.75) is 31.5 Å². The van der Waals surface area contributed by atoms with Gasteiger partial charge >= 0.3 is 0 Å². The summed E-state index contributed by atoms with van der Waals surface area (Å²) in [6, 6.07) is 5.13. The van der Waals surface area contributed by atoms with E-state index in [1.807, 2.05) is 10.9 Å². The zero-order valence-electron chi connectivity index (χ0n) is 18.6. The number of carbonyl (C=O) groups excluding carboxylic acids is 1. The molecule has 1 aliphatic heterocycles. The molecule has 1 aliphatic rings. The van der Waals surface area contributed by atoms with Crippen LogP contribution in [0.25, 0.3) is 11.0 Å². The molecular weight excluding hydrogens is 428 g/mol. The van der Waals surface area contributed by atoms with Crippen LogP contribution >= 0.6 is 11.8 Å². The van der Waals surface area contributed by atoms with Crippen LogP contribution in [0.2, 0.25) is 0 Å². The van der Waals surface area contributed by atoms with Crippen molar-refractivity contribution in [3.8, 4) is 11.5 Å². The zero-order chi connectivity index (χ0) is 22.5. The lowest BCUT2D eigenvalue weighted by Gasteiger charge is -2.17. The summed E-state index contributed by atoms with van der Waals surface area (Å²) >= 11 is 1.62. The predicted octanol–water partition coefficient (Wildman–Crippen LogP) is 2.99.